The van der Waals surface area contributed by atoms with Gasteiger partial charge in [0.2, 0.25) is 0 Å². The Morgan fingerprint density at radius 3 is 2.67 bits per heavy atom. The zero-order chi connectivity index (χ0) is 19.8. The van der Waals surface area contributed by atoms with Crippen molar-refractivity contribution in [3.05, 3.63) is 35.5 Å². The summed E-state index contributed by atoms with van der Waals surface area (Å²) in [6.45, 7) is 5.79. The molecule has 5 heteroatoms. The van der Waals surface area contributed by atoms with Crippen molar-refractivity contribution in [1.82, 2.24) is 0 Å². The molecule has 0 unspecified atom stereocenters. The predicted molar refractivity (Wildman–Crippen MR) is 98.4 cm³/mol. The molecule has 0 spiro atoms. The minimum absolute atomic E-state index is 0.0146. The molecule has 27 heavy (non-hydrogen) atoms. The Kier molecular flexibility index (Phi) is 3.88. The maximum Gasteiger partial charge on any atom is 0.338 e. The van der Waals surface area contributed by atoms with E-state index in [0.717, 1.165) is 5.57 Å². The summed E-state index contributed by atoms with van der Waals surface area (Å²) in [4.78, 5) is 24.3. The molecule has 0 aromatic carbocycles. The minimum Gasteiger partial charge on any atom is -0.467 e. The molecule has 0 bridgehead atoms. The Hall–Kier alpha value is -1.75. The highest BCUT2D eigenvalue weighted by molar-refractivity contribution is 6.01. The number of fused-ring (bicyclic) bond motifs is 5. The Labute approximate surface area is 159 Å². The number of carbonyl (C=O) groups is 2. The third-order valence-corrected chi connectivity index (χ3v) is 8.01. The van der Waals surface area contributed by atoms with Crippen molar-refractivity contribution >= 4 is 11.8 Å². The first kappa shape index (κ1) is 18.6. The van der Waals surface area contributed by atoms with Crippen molar-refractivity contribution in [2.45, 2.75) is 51.8 Å². The number of halogens is 1. The summed E-state index contributed by atoms with van der Waals surface area (Å²) in [5.74, 6) is -1.11. The van der Waals surface area contributed by atoms with E-state index in [4.69, 9.17) is 4.74 Å². The highest BCUT2D eigenvalue weighted by atomic mass is 19.1. The second-order valence-corrected chi connectivity index (χ2v) is 9.13. The normalized spacial score (nSPS) is 48.1. The molecule has 146 valence electrons. The van der Waals surface area contributed by atoms with Gasteiger partial charge in [0.15, 0.2) is 11.4 Å². The number of alkyl halides is 1. The first-order chi connectivity index (χ1) is 12.6. The molecule has 1 N–H and O–H groups in total. The van der Waals surface area contributed by atoms with Crippen LogP contribution in [0.5, 0.6) is 0 Å². The standard InChI is InChI=1S/C22H27FO4/c1-12-9-16-14-11-18(23)17-10-13(24)5-7-20(17,2)15(14)6-8-21(16,3)22(12,26)19(25)27-4/h5-7,10,12,14,16,18,26H,8-9,11H2,1-4H3/t12-,14+,16-,18-,20+,21-,22-/m0/s1. The highest BCUT2D eigenvalue weighted by Crippen LogP contribution is 2.66. The molecule has 4 nitrogen and oxygen atoms in total. The van der Waals surface area contributed by atoms with Crippen molar-refractivity contribution in [2.75, 3.05) is 7.11 Å². The van der Waals surface area contributed by atoms with Gasteiger partial charge in [-0.05, 0) is 61.7 Å². The number of aliphatic hydroxyl groups is 1. The molecule has 0 heterocycles. The van der Waals surface area contributed by atoms with Crippen LogP contribution in [0, 0.1) is 28.6 Å². The number of esters is 1. The second kappa shape index (κ2) is 5.63. The Morgan fingerprint density at radius 2 is 2.00 bits per heavy atom. The van der Waals surface area contributed by atoms with E-state index in [2.05, 4.69) is 6.08 Å². The van der Waals surface area contributed by atoms with Crippen LogP contribution in [0.3, 0.4) is 0 Å². The Morgan fingerprint density at radius 1 is 1.30 bits per heavy atom. The number of hydrogen-bond donors (Lipinski definition) is 1. The minimum atomic E-state index is -1.57. The summed E-state index contributed by atoms with van der Waals surface area (Å²) in [6, 6.07) is 0. The average molecular weight is 374 g/mol. The fourth-order valence-corrected chi connectivity index (χ4v) is 6.47. The van der Waals surface area contributed by atoms with Crippen LogP contribution in [-0.2, 0) is 14.3 Å². The third-order valence-electron chi connectivity index (χ3n) is 8.01. The summed E-state index contributed by atoms with van der Waals surface area (Å²) >= 11 is 0. The first-order valence-electron chi connectivity index (χ1n) is 9.70. The number of rotatable bonds is 1. The van der Waals surface area contributed by atoms with Gasteiger partial charge < -0.3 is 9.84 Å². The molecular weight excluding hydrogens is 347 g/mol. The van der Waals surface area contributed by atoms with E-state index in [1.54, 1.807) is 0 Å². The predicted octanol–water partition coefficient (Wildman–Crippen LogP) is 3.31. The summed E-state index contributed by atoms with van der Waals surface area (Å²) in [5, 5.41) is 11.4. The molecule has 0 aliphatic heterocycles. The Bertz CT molecular complexity index is 811. The van der Waals surface area contributed by atoms with Crippen molar-refractivity contribution < 1.29 is 23.8 Å². The number of allylic oxidation sites excluding steroid dienone is 6. The average Bonchev–Trinajstić information content (AvgIpc) is 2.84. The number of ether oxygens (including phenoxy) is 1. The summed E-state index contributed by atoms with van der Waals surface area (Å²) < 4.78 is 20.1. The van der Waals surface area contributed by atoms with E-state index in [1.165, 1.54) is 19.3 Å². The van der Waals surface area contributed by atoms with Crippen LogP contribution in [0.15, 0.2) is 35.5 Å². The van der Waals surface area contributed by atoms with Crippen LogP contribution < -0.4 is 0 Å². The lowest BCUT2D eigenvalue weighted by Crippen LogP contribution is -2.57. The molecular formula is C22H27FO4. The van der Waals surface area contributed by atoms with E-state index in [0.29, 0.717) is 24.8 Å². The summed E-state index contributed by atoms with van der Waals surface area (Å²) in [6.07, 6.45) is 7.13. The highest BCUT2D eigenvalue weighted by Gasteiger charge is 2.68. The van der Waals surface area contributed by atoms with Crippen LogP contribution in [0.2, 0.25) is 0 Å². The molecule has 4 rings (SSSR count). The number of ketones is 1. The molecule has 0 amide bonds. The van der Waals surface area contributed by atoms with Crippen LogP contribution in [0.25, 0.3) is 0 Å². The lowest BCUT2D eigenvalue weighted by molar-refractivity contribution is -0.183. The van der Waals surface area contributed by atoms with Gasteiger partial charge in [-0.15, -0.1) is 0 Å². The topological polar surface area (TPSA) is 63.6 Å². The molecule has 0 saturated heterocycles. The smallest absolute Gasteiger partial charge is 0.338 e. The van der Waals surface area contributed by atoms with Crippen molar-refractivity contribution in [3.63, 3.8) is 0 Å². The fourth-order valence-electron chi connectivity index (χ4n) is 6.47. The van der Waals surface area contributed by atoms with E-state index < -0.39 is 28.6 Å². The van der Waals surface area contributed by atoms with Crippen LogP contribution in [0.4, 0.5) is 4.39 Å². The number of hydrogen-bond acceptors (Lipinski definition) is 4. The van der Waals surface area contributed by atoms with Crippen LogP contribution in [-0.4, -0.2) is 35.7 Å². The van der Waals surface area contributed by atoms with E-state index >= 15 is 4.39 Å². The van der Waals surface area contributed by atoms with E-state index in [9.17, 15) is 14.7 Å². The SMILES string of the molecule is COC(=O)[C@@]1(O)[C@@H](C)C[C@H]2[C@@H]3C[C@H](F)C4=CC(=O)C=C[C@]4(C)C3=CC[C@@]21C. The van der Waals surface area contributed by atoms with E-state index in [-0.39, 0.29) is 23.5 Å². The van der Waals surface area contributed by atoms with Crippen molar-refractivity contribution in [3.8, 4) is 0 Å². The first-order valence-corrected chi connectivity index (χ1v) is 9.70. The van der Waals surface area contributed by atoms with Gasteiger partial charge >= 0.3 is 5.97 Å². The second-order valence-electron chi connectivity index (χ2n) is 9.13. The lowest BCUT2D eigenvalue weighted by atomic mass is 9.51. The zero-order valence-electron chi connectivity index (χ0n) is 16.3. The van der Waals surface area contributed by atoms with Crippen LogP contribution in [0.1, 0.15) is 40.0 Å². The molecule has 0 aromatic rings. The van der Waals surface area contributed by atoms with Gasteiger partial charge in [0.05, 0.1) is 7.11 Å². The van der Waals surface area contributed by atoms with Gasteiger partial charge in [0.25, 0.3) is 0 Å². The molecule has 2 saturated carbocycles. The monoisotopic (exact) mass is 374 g/mol. The summed E-state index contributed by atoms with van der Waals surface area (Å²) in [5.41, 5.74) is -1.22. The van der Waals surface area contributed by atoms with Gasteiger partial charge in [-0.2, -0.15) is 0 Å². The Balaban J connectivity index is 1.82. The maximum atomic E-state index is 15.2. The zero-order valence-corrected chi connectivity index (χ0v) is 16.3. The van der Waals surface area contributed by atoms with Crippen LogP contribution >= 0.6 is 0 Å². The fraction of sp³-hybridized carbons (Fsp3) is 0.636. The largest absolute Gasteiger partial charge is 0.467 e. The third kappa shape index (κ3) is 2.12. The van der Waals surface area contributed by atoms with Crippen molar-refractivity contribution in [1.29, 1.82) is 0 Å². The molecule has 4 aliphatic rings. The van der Waals surface area contributed by atoms with Gasteiger partial charge in [-0.25, -0.2) is 9.18 Å². The maximum absolute atomic E-state index is 15.2. The molecule has 0 aromatic heterocycles. The van der Waals surface area contributed by atoms with Gasteiger partial charge in [-0.1, -0.05) is 31.6 Å². The molecule has 0 radical (unpaired) electrons. The summed E-state index contributed by atoms with van der Waals surface area (Å²) in [7, 11) is 1.30. The molecule has 7 atom stereocenters. The van der Waals surface area contributed by atoms with Gasteiger partial charge in [0, 0.05) is 10.8 Å². The van der Waals surface area contributed by atoms with Crippen molar-refractivity contribution in [2.24, 2.45) is 28.6 Å². The molecule has 2 fully saturated rings. The van der Waals surface area contributed by atoms with E-state index in [1.807, 2.05) is 26.8 Å². The molecule has 4 aliphatic carbocycles. The van der Waals surface area contributed by atoms with Gasteiger partial charge in [0.1, 0.15) is 6.17 Å². The van der Waals surface area contributed by atoms with Gasteiger partial charge in [-0.3, -0.25) is 4.79 Å². The quantitative estimate of drug-likeness (QED) is 0.565. The lowest BCUT2D eigenvalue weighted by Gasteiger charge is -2.53. The number of carbonyl (C=O) groups excluding carboxylic acids is 2. The number of methoxy groups -OCH3 is 1.